The number of benzene rings is 1. The molecule has 0 bridgehead atoms. The van der Waals surface area contributed by atoms with Gasteiger partial charge in [-0.3, -0.25) is 0 Å². The Kier molecular flexibility index (Phi) is 7.22. The van der Waals surface area contributed by atoms with Gasteiger partial charge in [-0.2, -0.15) is 0 Å². The van der Waals surface area contributed by atoms with E-state index >= 15 is 0 Å². The molecule has 66 valence electrons. The van der Waals surface area contributed by atoms with Crippen molar-refractivity contribution >= 4 is 17.4 Å². The van der Waals surface area contributed by atoms with Gasteiger partial charge in [0.15, 0.2) is 0 Å². The summed E-state index contributed by atoms with van der Waals surface area (Å²) in [5.41, 5.74) is 0.892. The van der Waals surface area contributed by atoms with E-state index in [9.17, 15) is 8.76 Å². The van der Waals surface area contributed by atoms with E-state index in [-0.39, 0.29) is 31.0 Å². The van der Waals surface area contributed by atoms with E-state index in [0.29, 0.717) is 0 Å². The first kappa shape index (κ1) is 12.9. The van der Waals surface area contributed by atoms with E-state index in [4.69, 9.17) is 0 Å². The van der Waals surface area contributed by atoms with Crippen molar-refractivity contribution in [3.8, 4) is 0 Å². The van der Waals surface area contributed by atoms with Crippen molar-refractivity contribution in [1.29, 1.82) is 0 Å². The van der Waals surface area contributed by atoms with E-state index in [0.717, 1.165) is 11.8 Å². The molecule has 1 unspecified atom stereocenters. The predicted molar refractivity (Wildman–Crippen MR) is 46.6 cm³/mol. The number of hydrogen-bond donors (Lipinski definition) is 0. The van der Waals surface area contributed by atoms with Crippen LogP contribution in [-0.4, -0.2) is 8.76 Å². The molecule has 0 N–H and O–H groups in total. The minimum absolute atomic E-state index is 0. The van der Waals surface area contributed by atoms with Crippen LogP contribution in [0.3, 0.4) is 0 Å². The van der Waals surface area contributed by atoms with E-state index in [1.165, 1.54) is 0 Å². The van der Waals surface area contributed by atoms with Gasteiger partial charge in [-0.1, -0.05) is 30.3 Å². The maximum atomic E-state index is 9.92. The molecule has 0 aromatic heterocycles. The molecule has 0 fully saturated rings. The summed E-state index contributed by atoms with van der Waals surface area (Å²) < 4.78 is 24.0. The van der Waals surface area contributed by atoms with Crippen molar-refractivity contribution in [2.75, 3.05) is 0 Å². The Morgan fingerprint density at radius 1 is 1.38 bits per heavy atom. The monoisotopic (exact) mass is 207 g/mol. The van der Waals surface area contributed by atoms with Gasteiger partial charge in [-0.05, 0) is 11.6 Å². The van der Waals surface area contributed by atoms with Gasteiger partial charge in [-0.25, -0.2) is 4.21 Å². The zero-order chi connectivity index (χ0) is 8.81. The van der Waals surface area contributed by atoms with Crippen LogP contribution < -0.4 is 29.6 Å². The van der Waals surface area contributed by atoms with Crippen LogP contribution in [0.1, 0.15) is 6.99 Å². The van der Waals surface area contributed by atoms with Crippen LogP contribution in [0.2, 0.25) is 0 Å². The van der Waals surface area contributed by atoms with Crippen LogP contribution >= 0.6 is 0 Å². The average Bonchev–Trinajstić information content (AvgIpc) is 2.05. The second-order valence-electron chi connectivity index (χ2n) is 2.01. The zero-order valence-electron chi connectivity index (χ0n) is 8.17. The summed E-state index contributed by atoms with van der Waals surface area (Å²) >= 11 is -2.48. The predicted octanol–water partition coefficient (Wildman–Crippen LogP) is -1.42. The van der Waals surface area contributed by atoms with Crippen molar-refractivity contribution in [3.05, 3.63) is 42.2 Å². The Hall–Kier alpha value is -0.130. The molecule has 0 radical (unpaired) electrons. The fourth-order valence-corrected chi connectivity index (χ4v) is 0.862. The normalized spacial score (nSPS) is 12.1. The molecule has 0 saturated carbocycles. The molecular formula is C8H8NaO3S-. The third kappa shape index (κ3) is 6.01. The molecule has 1 aromatic carbocycles. The van der Waals surface area contributed by atoms with Crippen LogP contribution in [-0.2, 0) is 15.5 Å². The first-order valence-electron chi connectivity index (χ1n) is 3.27. The van der Waals surface area contributed by atoms with Gasteiger partial charge in [0.25, 0.3) is 0 Å². The van der Waals surface area contributed by atoms with Crippen LogP contribution in [0.4, 0.5) is 0 Å². The summed E-state index contributed by atoms with van der Waals surface area (Å²) in [5, 5.41) is 0. The molecule has 0 amide bonds. The van der Waals surface area contributed by atoms with Crippen molar-refractivity contribution in [1.82, 2.24) is 0 Å². The van der Waals surface area contributed by atoms with Gasteiger partial charge in [0.05, 0.1) is 0 Å². The molecule has 1 aromatic rings. The van der Waals surface area contributed by atoms with Gasteiger partial charge in [0.1, 0.15) is 17.6 Å². The summed E-state index contributed by atoms with van der Waals surface area (Å²) in [6.45, 7) is 0. The third-order valence-corrected chi connectivity index (χ3v) is 1.46. The SMILES string of the molecule is O=S([O-])OC=Cc1ccccc1.[H-].[Na+]. The summed E-state index contributed by atoms with van der Waals surface area (Å²) in [6.07, 6.45) is 2.69. The van der Waals surface area contributed by atoms with Crippen LogP contribution in [0.25, 0.3) is 6.08 Å². The van der Waals surface area contributed by atoms with E-state index in [1.807, 2.05) is 30.3 Å². The maximum absolute atomic E-state index is 9.92. The molecule has 13 heavy (non-hydrogen) atoms. The molecular weight excluding hydrogens is 199 g/mol. The average molecular weight is 207 g/mol. The molecule has 1 atom stereocenters. The van der Waals surface area contributed by atoms with E-state index < -0.39 is 11.4 Å². The molecule has 0 spiro atoms. The third-order valence-electron chi connectivity index (χ3n) is 1.19. The molecule has 5 heteroatoms. The second kappa shape index (κ2) is 7.29. The topological polar surface area (TPSA) is 49.4 Å². The van der Waals surface area contributed by atoms with Crippen molar-refractivity contribution < 1.29 is 43.9 Å². The number of hydrogen-bond acceptors (Lipinski definition) is 3. The first-order chi connectivity index (χ1) is 5.79. The second-order valence-corrected chi connectivity index (χ2v) is 2.61. The summed E-state index contributed by atoms with van der Waals surface area (Å²) in [4.78, 5) is 0. The first-order valence-corrected chi connectivity index (χ1v) is 4.27. The van der Waals surface area contributed by atoms with Crippen molar-refractivity contribution in [3.63, 3.8) is 0 Å². The maximum Gasteiger partial charge on any atom is 1.00 e. The number of rotatable bonds is 3. The summed E-state index contributed by atoms with van der Waals surface area (Å²) in [5.74, 6) is 0. The molecule has 0 aliphatic rings. The fourth-order valence-electron chi connectivity index (χ4n) is 0.716. The van der Waals surface area contributed by atoms with Crippen LogP contribution in [0.5, 0.6) is 0 Å². The Morgan fingerprint density at radius 3 is 2.54 bits per heavy atom. The zero-order valence-corrected chi connectivity index (χ0v) is 9.99. The van der Waals surface area contributed by atoms with Gasteiger partial charge >= 0.3 is 29.6 Å². The van der Waals surface area contributed by atoms with Gasteiger partial charge in [0.2, 0.25) is 0 Å². The van der Waals surface area contributed by atoms with Gasteiger partial charge in [0, 0.05) is 0 Å². The van der Waals surface area contributed by atoms with Crippen molar-refractivity contribution in [2.24, 2.45) is 0 Å². The van der Waals surface area contributed by atoms with E-state index in [1.54, 1.807) is 6.08 Å². The largest absolute Gasteiger partial charge is 1.00 e. The van der Waals surface area contributed by atoms with Gasteiger partial charge in [-0.15, -0.1) is 0 Å². The Morgan fingerprint density at radius 2 is 2.00 bits per heavy atom. The molecule has 0 heterocycles. The molecule has 0 saturated heterocycles. The Bertz CT molecular complexity index is 292. The van der Waals surface area contributed by atoms with Crippen LogP contribution in [0, 0.1) is 0 Å². The minimum atomic E-state index is -2.48. The summed E-state index contributed by atoms with van der Waals surface area (Å²) in [6, 6.07) is 9.27. The molecule has 3 nitrogen and oxygen atoms in total. The quantitative estimate of drug-likeness (QED) is 0.347. The Labute approximate surface area is 103 Å². The molecule has 1 rings (SSSR count). The standard InChI is InChI=1S/C8H8O3S.Na.H/c9-12(10)11-7-6-8-4-2-1-3-5-8;;/h1-7H,(H,9,10);;/q;+1;-1/p-1. The smallest absolute Gasteiger partial charge is 1.00 e. The molecule has 0 aliphatic carbocycles. The Balaban J connectivity index is 0. The van der Waals surface area contributed by atoms with Gasteiger partial charge < -0.3 is 10.2 Å². The summed E-state index contributed by atoms with van der Waals surface area (Å²) in [7, 11) is 0. The fraction of sp³-hybridized carbons (Fsp3) is 0. The van der Waals surface area contributed by atoms with Crippen molar-refractivity contribution in [2.45, 2.75) is 0 Å². The van der Waals surface area contributed by atoms with E-state index in [2.05, 4.69) is 4.18 Å². The minimum Gasteiger partial charge on any atom is -1.00 e. The van der Waals surface area contributed by atoms with Crippen LogP contribution in [0.15, 0.2) is 36.6 Å². The molecule has 0 aliphatic heterocycles.